The van der Waals surface area contributed by atoms with E-state index >= 15 is 0 Å². The summed E-state index contributed by atoms with van der Waals surface area (Å²) in [6, 6.07) is 18.4. The van der Waals surface area contributed by atoms with Crippen molar-refractivity contribution in [2.45, 2.75) is 24.8 Å². The van der Waals surface area contributed by atoms with Gasteiger partial charge in [-0.25, -0.2) is 0 Å². The minimum Gasteiger partial charge on any atom is -0.279 e. The fourth-order valence-electron chi connectivity index (χ4n) is 4.11. The molecule has 6 rings (SSSR count). The molecule has 0 atom stereocenters. The number of hydrogen-bond acceptors (Lipinski definition) is 7. The van der Waals surface area contributed by atoms with Gasteiger partial charge in [0.15, 0.2) is 11.0 Å². The highest BCUT2D eigenvalue weighted by Gasteiger charge is 2.20. The molecule has 6 aromatic rings. The number of thioether (sulfide) groups is 1. The summed E-state index contributed by atoms with van der Waals surface area (Å²) in [6.07, 6.45) is 0. The minimum absolute atomic E-state index is 0.0592. The number of aromatic nitrogens is 7. The highest BCUT2D eigenvalue weighted by Crippen LogP contribution is 2.31. The van der Waals surface area contributed by atoms with Crippen LogP contribution in [0.1, 0.15) is 17.0 Å². The first-order valence-corrected chi connectivity index (χ1v) is 12.9. The number of fused-ring (bicyclic) bond motifs is 3. The molecule has 0 saturated carbocycles. The molecule has 0 fully saturated rings. The molecule has 35 heavy (non-hydrogen) atoms. The Bertz CT molecular complexity index is 1760. The molecule has 0 amide bonds. The van der Waals surface area contributed by atoms with Crippen molar-refractivity contribution in [1.82, 2.24) is 33.9 Å². The van der Waals surface area contributed by atoms with Gasteiger partial charge < -0.3 is 0 Å². The average Bonchev–Trinajstić information content (AvgIpc) is 3.61. The van der Waals surface area contributed by atoms with Gasteiger partial charge in [0.2, 0.25) is 5.78 Å². The zero-order valence-corrected chi connectivity index (χ0v) is 21.0. The Balaban J connectivity index is 1.45. The fourth-order valence-corrected chi connectivity index (χ4v) is 5.83. The van der Waals surface area contributed by atoms with Crippen molar-refractivity contribution in [1.29, 1.82) is 0 Å². The van der Waals surface area contributed by atoms with E-state index in [9.17, 15) is 4.79 Å². The van der Waals surface area contributed by atoms with E-state index in [0.29, 0.717) is 16.2 Å². The number of hydrogen-bond donors (Lipinski definition) is 0. The predicted octanol–water partition coefficient (Wildman–Crippen LogP) is 4.80. The van der Waals surface area contributed by atoms with Crippen molar-refractivity contribution in [3.63, 3.8) is 0 Å². The van der Waals surface area contributed by atoms with Crippen molar-refractivity contribution in [3.8, 4) is 17.1 Å². The van der Waals surface area contributed by atoms with Crippen LogP contribution >= 0.6 is 23.1 Å². The summed E-state index contributed by atoms with van der Waals surface area (Å²) in [5.74, 6) is 2.57. The van der Waals surface area contributed by atoms with Crippen molar-refractivity contribution in [2.75, 3.05) is 0 Å². The third kappa shape index (κ3) is 3.57. The maximum absolute atomic E-state index is 12.6. The third-order valence-corrected chi connectivity index (χ3v) is 7.96. The zero-order valence-electron chi connectivity index (χ0n) is 19.3. The summed E-state index contributed by atoms with van der Waals surface area (Å²) in [5, 5.41) is 20.5. The maximum atomic E-state index is 12.6. The van der Waals surface area contributed by atoms with Crippen LogP contribution in [0, 0.1) is 13.8 Å². The molecule has 0 radical (unpaired) electrons. The molecular weight excluding hydrogens is 478 g/mol. The normalized spacial score (nSPS) is 11.6. The number of rotatable bonds is 5. The quantitative estimate of drug-likeness (QED) is 0.317. The summed E-state index contributed by atoms with van der Waals surface area (Å²) >= 11 is 2.97. The Hall–Kier alpha value is -3.76. The lowest BCUT2D eigenvalue weighted by Crippen LogP contribution is -2.19. The van der Waals surface area contributed by atoms with Crippen LogP contribution < -0.4 is 5.56 Å². The molecule has 8 nitrogen and oxygen atoms in total. The van der Waals surface area contributed by atoms with Gasteiger partial charge in [-0.05, 0) is 48.6 Å². The van der Waals surface area contributed by atoms with E-state index in [-0.39, 0.29) is 5.56 Å². The summed E-state index contributed by atoms with van der Waals surface area (Å²) in [4.78, 5) is 12.6. The van der Waals surface area contributed by atoms with Crippen LogP contribution in [-0.4, -0.2) is 33.9 Å². The van der Waals surface area contributed by atoms with Crippen molar-refractivity contribution in [2.24, 2.45) is 7.05 Å². The lowest BCUT2D eigenvalue weighted by Gasteiger charge is -2.12. The van der Waals surface area contributed by atoms with Gasteiger partial charge in [0.25, 0.3) is 5.56 Å². The number of aryl methyl sites for hydroxylation is 3. The summed E-state index contributed by atoms with van der Waals surface area (Å²) < 4.78 is 6.28. The maximum Gasteiger partial charge on any atom is 0.272 e. The van der Waals surface area contributed by atoms with Gasteiger partial charge in [0.1, 0.15) is 10.5 Å². The number of benzene rings is 2. The molecule has 0 aliphatic rings. The summed E-state index contributed by atoms with van der Waals surface area (Å²) in [6.45, 7) is 4.21. The van der Waals surface area contributed by atoms with Crippen molar-refractivity contribution < 1.29 is 0 Å². The lowest BCUT2D eigenvalue weighted by molar-refractivity contribution is 0.859. The Labute approximate surface area is 208 Å². The molecule has 4 aromatic heterocycles. The van der Waals surface area contributed by atoms with Gasteiger partial charge in [0.05, 0.1) is 17.0 Å². The van der Waals surface area contributed by atoms with Gasteiger partial charge in [0, 0.05) is 12.6 Å². The fraction of sp³-hybridized carbons (Fsp3) is 0.160. The van der Waals surface area contributed by atoms with Crippen LogP contribution in [0.25, 0.3) is 33.1 Å². The second-order valence-electron chi connectivity index (χ2n) is 8.32. The second-order valence-corrected chi connectivity index (χ2v) is 10.2. The van der Waals surface area contributed by atoms with E-state index in [1.807, 2.05) is 46.2 Å². The molecule has 4 heterocycles. The van der Waals surface area contributed by atoms with Gasteiger partial charge >= 0.3 is 0 Å². The molecule has 0 N–H and O–H groups in total. The van der Waals surface area contributed by atoms with Crippen LogP contribution in [-0.2, 0) is 12.8 Å². The lowest BCUT2D eigenvalue weighted by atomic mass is 10.1. The largest absolute Gasteiger partial charge is 0.279 e. The minimum atomic E-state index is -0.0592. The predicted molar refractivity (Wildman–Crippen MR) is 139 cm³/mol. The van der Waals surface area contributed by atoms with E-state index < -0.39 is 0 Å². The van der Waals surface area contributed by atoms with Gasteiger partial charge in [-0.1, -0.05) is 48.2 Å². The number of thiophene rings is 1. The monoisotopic (exact) mass is 499 g/mol. The SMILES string of the molecule is Cc1ccc(-n2c(SCc3nnc4n(C)c(=O)c5sccc5n34)nnc2-c2ccccc2)cc1C. The topological polar surface area (TPSA) is 82.9 Å². The Kier molecular flexibility index (Phi) is 5.27. The van der Waals surface area contributed by atoms with Gasteiger partial charge in [-0.2, -0.15) is 0 Å². The number of nitrogens with zero attached hydrogens (tertiary/aromatic N) is 7. The van der Waals surface area contributed by atoms with Crippen molar-refractivity contribution in [3.05, 3.63) is 87.3 Å². The second kappa shape index (κ2) is 8.47. The summed E-state index contributed by atoms with van der Waals surface area (Å²) in [5.41, 5.74) is 5.21. The molecule has 0 bridgehead atoms. The standard InChI is InChI=1S/C25H21N7OS2/c1-15-9-10-18(13-16(15)2)31-22(17-7-5-4-6-8-17)27-29-25(31)35-14-20-26-28-24-30(3)23(33)21-19(32(20)24)11-12-34-21/h4-13H,14H2,1-3H3. The molecule has 0 aliphatic heterocycles. The van der Waals surface area contributed by atoms with E-state index in [1.54, 1.807) is 23.4 Å². The Morgan fingerprint density at radius 2 is 1.77 bits per heavy atom. The first-order chi connectivity index (χ1) is 17.0. The highest BCUT2D eigenvalue weighted by molar-refractivity contribution is 7.98. The molecule has 174 valence electrons. The van der Waals surface area contributed by atoms with Gasteiger partial charge in [-0.3, -0.25) is 18.3 Å². The van der Waals surface area contributed by atoms with E-state index in [0.717, 1.165) is 33.6 Å². The van der Waals surface area contributed by atoms with E-state index in [4.69, 9.17) is 0 Å². The van der Waals surface area contributed by atoms with E-state index in [1.165, 1.54) is 22.5 Å². The smallest absolute Gasteiger partial charge is 0.272 e. The molecule has 0 spiro atoms. The third-order valence-electron chi connectivity index (χ3n) is 6.14. The van der Waals surface area contributed by atoms with Crippen LogP contribution in [0.5, 0.6) is 0 Å². The molecule has 2 aromatic carbocycles. The van der Waals surface area contributed by atoms with Crippen LogP contribution in [0.2, 0.25) is 0 Å². The summed E-state index contributed by atoms with van der Waals surface area (Å²) in [7, 11) is 1.73. The van der Waals surface area contributed by atoms with Gasteiger partial charge in [-0.15, -0.1) is 31.7 Å². The molecular formula is C25H21N7OS2. The van der Waals surface area contributed by atoms with Crippen LogP contribution in [0.3, 0.4) is 0 Å². The Morgan fingerprint density at radius 3 is 2.57 bits per heavy atom. The first-order valence-electron chi connectivity index (χ1n) is 11.0. The highest BCUT2D eigenvalue weighted by atomic mass is 32.2. The molecule has 0 unspecified atom stereocenters. The first kappa shape index (κ1) is 21.8. The van der Waals surface area contributed by atoms with Crippen LogP contribution in [0.15, 0.2) is 69.9 Å². The molecule has 0 saturated heterocycles. The Morgan fingerprint density at radius 1 is 0.943 bits per heavy atom. The van der Waals surface area contributed by atoms with E-state index in [2.05, 4.69) is 57.0 Å². The van der Waals surface area contributed by atoms with Crippen molar-refractivity contribution >= 4 is 39.1 Å². The molecule has 10 heteroatoms. The van der Waals surface area contributed by atoms with Crippen LogP contribution in [0.4, 0.5) is 0 Å². The molecule has 0 aliphatic carbocycles. The zero-order chi connectivity index (χ0) is 24.1. The average molecular weight is 500 g/mol.